The molecule has 2 aromatic rings. The van der Waals surface area contributed by atoms with Crippen molar-refractivity contribution >= 4 is 5.91 Å². The van der Waals surface area contributed by atoms with Crippen molar-refractivity contribution < 1.29 is 4.79 Å². The maximum atomic E-state index is 13.0. The molecule has 0 radical (unpaired) electrons. The van der Waals surface area contributed by atoms with Crippen LogP contribution in [0, 0.1) is 12.8 Å². The van der Waals surface area contributed by atoms with E-state index in [0.717, 1.165) is 18.7 Å². The highest BCUT2D eigenvalue weighted by molar-refractivity contribution is 5.83. The van der Waals surface area contributed by atoms with Gasteiger partial charge in [-0.1, -0.05) is 60.2 Å². The fourth-order valence-corrected chi connectivity index (χ4v) is 3.72. The number of benzene rings is 2. The van der Waals surface area contributed by atoms with Gasteiger partial charge in [0.1, 0.15) is 0 Å². The third-order valence-corrected chi connectivity index (χ3v) is 5.20. The average molecular weight is 322 g/mol. The summed E-state index contributed by atoms with van der Waals surface area (Å²) < 4.78 is 0. The number of hydrogen-bond donors (Lipinski definition) is 1. The smallest absolute Gasteiger partial charge is 0.229 e. The topological polar surface area (TPSA) is 46.3 Å². The van der Waals surface area contributed by atoms with Gasteiger partial charge >= 0.3 is 0 Å². The highest BCUT2D eigenvalue weighted by Crippen LogP contribution is 2.33. The van der Waals surface area contributed by atoms with Gasteiger partial charge in [-0.25, -0.2) is 0 Å². The van der Waals surface area contributed by atoms with E-state index in [1.54, 1.807) is 0 Å². The normalized spacial score (nSPS) is 21.7. The Bertz CT molecular complexity index is 698. The molecule has 3 atom stereocenters. The first-order valence-corrected chi connectivity index (χ1v) is 8.70. The Morgan fingerprint density at radius 2 is 1.92 bits per heavy atom. The van der Waals surface area contributed by atoms with Gasteiger partial charge in [0.05, 0.1) is 5.92 Å². The van der Waals surface area contributed by atoms with Crippen molar-refractivity contribution in [1.82, 2.24) is 4.90 Å². The van der Waals surface area contributed by atoms with Gasteiger partial charge in [0.2, 0.25) is 5.91 Å². The van der Waals surface area contributed by atoms with E-state index >= 15 is 0 Å². The molecule has 1 fully saturated rings. The van der Waals surface area contributed by atoms with Gasteiger partial charge in [-0.3, -0.25) is 4.79 Å². The van der Waals surface area contributed by atoms with Gasteiger partial charge in [-0.2, -0.15) is 0 Å². The molecule has 1 unspecified atom stereocenters. The van der Waals surface area contributed by atoms with Crippen molar-refractivity contribution in [2.45, 2.75) is 25.7 Å². The third-order valence-electron chi connectivity index (χ3n) is 5.20. The number of carbonyl (C=O) groups is 1. The van der Waals surface area contributed by atoms with E-state index in [-0.39, 0.29) is 11.8 Å². The predicted molar refractivity (Wildman–Crippen MR) is 97.9 cm³/mol. The Morgan fingerprint density at radius 3 is 2.58 bits per heavy atom. The van der Waals surface area contributed by atoms with Gasteiger partial charge in [-0.05, 0) is 37.4 Å². The first-order chi connectivity index (χ1) is 11.6. The summed E-state index contributed by atoms with van der Waals surface area (Å²) in [6.07, 6.45) is 0. The van der Waals surface area contributed by atoms with Crippen molar-refractivity contribution in [1.29, 1.82) is 0 Å². The van der Waals surface area contributed by atoms with E-state index in [1.807, 2.05) is 30.0 Å². The molecule has 126 valence electrons. The molecule has 0 spiro atoms. The minimum atomic E-state index is -0.113. The first kappa shape index (κ1) is 16.7. The van der Waals surface area contributed by atoms with E-state index in [0.29, 0.717) is 18.4 Å². The van der Waals surface area contributed by atoms with Gasteiger partial charge < -0.3 is 10.6 Å². The summed E-state index contributed by atoms with van der Waals surface area (Å²) in [7, 11) is 0. The van der Waals surface area contributed by atoms with Crippen LogP contribution >= 0.6 is 0 Å². The van der Waals surface area contributed by atoms with Crippen LogP contribution in [0.3, 0.4) is 0 Å². The van der Waals surface area contributed by atoms with E-state index in [1.165, 1.54) is 11.1 Å². The number of hydrogen-bond acceptors (Lipinski definition) is 2. The molecule has 2 aromatic carbocycles. The first-order valence-electron chi connectivity index (χ1n) is 8.70. The average Bonchev–Trinajstić information content (AvgIpc) is 3.05. The molecule has 0 saturated carbocycles. The van der Waals surface area contributed by atoms with E-state index in [2.05, 4.69) is 43.3 Å². The van der Waals surface area contributed by atoms with Crippen molar-refractivity contribution in [2.75, 3.05) is 19.6 Å². The number of amides is 1. The molecule has 3 heteroatoms. The summed E-state index contributed by atoms with van der Waals surface area (Å²) in [5.74, 6) is 0.765. The van der Waals surface area contributed by atoms with Crippen LogP contribution in [0.2, 0.25) is 0 Å². The monoisotopic (exact) mass is 322 g/mol. The minimum absolute atomic E-state index is 0.113. The summed E-state index contributed by atoms with van der Waals surface area (Å²) in [5.41, 5.74) is 9.56. The number of carbonyl (C=O) groups excluding carboxylic acids is 1. The minimum Gasteiger partial charge on any atom is -0.341 e. The summed E-state index contributed by atoms with van der Waals surface area (Å²) >= 11 is 0. The van der Waals surface area contributed by atoms with Gasteiger partial charge in [0.25, 0.3) is 0 Å². The quantitative estimate of drug-likeness (QED) is 0.939. The Hall–Kier alpha value is -2.13. The number of nitrogens with zero attached hydrogens (tertiary/aromatic N) is 1. The zero-order valence-electron chi connectivity index (χ0n) is 14.5. The maximum absolute atomic E-state index is 13.0. The lowest BCUT2D eigenvalue weighted by Crippen LogP contribution is -2.33. The molecule has 1 saturated heterocycles. The fraction of sp³-hybridized carbons (Fsp3) is 0.381. The molecule has 24 heavy (non-hydrogen) atoms. The molecular weight excluding hydrogens is 296 g/mol. The molecule has 3 rings (SSSR count). The van der Waals surface area contributed by atoms with E-state index < -0.39 is 0 Å². The Labute approximate surface area is 144 Å². The van der Waals surface area contributed by atoms with Crippen LogP contribution in [-0.2, 0) is 4.79 Å². The van der Waals surface area contributed by atoms with Gasteiger partial charge in [-0.15, -0.1) is 0 Å². The Kier molecular flexibility index (Phi) is 5.00. The third kappa shape index (κ3) is 3.36. The van der Waals surface area contributed by atoms with Crippen LogP contribution in [0.15, 0.2) is 54.6 Å². The van der Waals surface area contributed by atoms with Gasteiger partial charge in [0, 0.05) is 19.0 Å². The molecule has 1 amide bonds. The molecular formula is C21H26N2O. The highest BCUT2D eigenvalue weighted by atomic mass is 16.2. The highest BCUT2D eigenvalue weighted by Gasteiger charge is 2.36. The molecule has 0 aromatic heterocycles. The lowest BCUT2D eigenvalue weighted by Gasteiger charge is -2.21. The van der Waals surface area contributed by atoms with Crippen LogP contribution in [0.25, 0.3) is 0 Å². The molecule has 2 N–H and O–H groups in total. The molecule has 1 aliphatic rings. The molecule has 0 aliphatic carbocycles. The second kappa shape index (κ2) is 7.18. The molecule has 1 aliphatic heterocycles. The van der Waals surface area contributed by atoms with Crippen molar-refractivity contribution in [2.24, 2.45) is 11.7 Å². The second-order valence-corrected chi connectivity index (χ2v) is 6.89. The van der Waals surface area contributed by atoms with Crippen molar-refractivity contribution in [3.05, 3.63) is 71.3 Å². The standard InChI is InChI=1S/C21H26N2O/c1-15-7-6-10-18(11-15)16(2)21(24)23-13-19(12-22)20(14-23)17-8-4-3-5-9-17/h3-11,16,19-20H,12-14,22H2,1-2H3/t16?,19-,20+/m1/s1. The Morgan fingerprint density at radius 1 is 1.17 bits per heavy atom. The fourth-order valence-electron chi connectivity index (χ4n) is 3.72. The van der Waals surface area contributed by atoms with Crippen LogP contribution in [0.1, 0.15) is 35.4 Å². The molecule has 3 nitrogen and oxygen atoms in total. The zero-order valence-corrected chi connectivity index (χ0v) is 14.5. The number of aryl methyl sites for hydroxylation is 1. The van der Waals surface area contributed by atoms with Crippen LogP contribution in [0.4, 0.5) is 0 Å². The second-order valence-electron chi connectivity index (χ2n) is 6.89. The Balaban J connectivity index is 1.76. The summed E-state index contributed by atoms with van der Waals surface area (Å²) in [6, 6.07) is 18.7. The van der Waals surface area contributed by atoms with Crippen molar-refractivity contribution in [3.8, 4) is 0 Å². The van der Waals surface area contributed by atoms with Crippen LogP contribution < -0.4 is 5.73 Å². The summed E-state index contributed by atoms with van der Waals surface area (Å²) in [4.78, 5) is 15.0. The molecule has 1 heterocycles. The van der Waals surface area contributed by atoms with Gasteiger partial charge in [0.15, 0.2) is 0 Å². The molecule has 0 bridgehead atoms. The number of nitrogens with two attached hydrogens (primary N) is 1. The largest absolute Gasteiger partial charge is 0.341 e. The van der Waals surface area contributed by atoms with E-state index in [4.69, 9.17) is 5.73 Å². The summed E-state index contributed by atoms with van der Waals surface area (Å²) in [6.45, 7) is 6.20. The summed E-state index contributed by atoms with van der Waals surface area (Å²) in [5, 5.41) is 0. The lowest BCUT2D eigenvalue weighted by atomic mass is 9.89. The maximum Gasteiger partial charge on any atom is 0.229 e. The van der Waals surface area contributed by atoms with E-state index in [9.17, 15) is 4.79 Å². The lowest BCUT2D eigenvalue weighted by molar-refractivity contribution is -0.131. The zero-order chi connectivity index (χ0) is 17.1. The van der Waals surface area contributed by atoms with Crippen molar-refractivity contribution in [3.63, 3.8) is 0 Å². The SMILES string of the molecule is Cc1cccc(C(C)C(=O)N2C[C@@H](CN)[C@H](c3ccccc3)C2)c1. The number of rotatable bonds is 4. The van der Waals surface area contributed by atoms with Crippen LogP contribution in [0.5, 0.6) is 0 Å². The predicted octanol–water partition coefficient (Wildman–Crippen LogP) is 3.30. The number of likely N-dealkylation sites (tertiary alicyclic amines) is 1. The van der Waals surface area contributed by atoms with Crippen LogP contribution in [-0.4, -0.2) is 30.4 Å².